The van der Waals surface area contributed by atoms with E-state index in [2.05, 4.69) is 4.90 Å². The molecule has 0 bridgehead atoms. The predicted molar refractivity (Wildman–Crippen MR) is 163 cm³/mol. The fraction of sp³-hybridized carbons (Fsp3) is 0.242. The maximum atomic E-state index is 13.4. The normalized spacial score (nSPS) is 12.3. The van der Waals surface area contributed by atoms with Gasteiger partial charge in [-0.15, -0.1) is 0 Å². The van der Waals surface area contributed by atoms with E-state index < -0.39 is 28.5 Å². The standard InChI is InChI=1S/C33H34ClNO6S/c1-23-17-30(18-24(2)33(23)41-22-32(37)38)42(39,40)29-13-11-25(12-14-29)15-16-35(20-26-7-4-3-5-8-26)21-31(36)27-9-6-10-28(34)19-27/h3-14,17-19,31,36H,15-16,20-22H2,1-2H3,(H,37,38)/t31-/m1/s1. The monoisotopic (exact) mass is 607 g/mol. The van der Waals surface area contributed by atoms with Crippen LogP contribution in [0.5, 0.6) is 5.75 Å². The number of hydrogen-bond donors (Lipinski definition) is 2. The smallest absolute Gasteiger partial charge is 0.341 e. The van der Waals surface area contributed by atoms with E-state index in [1.54, 1.807) is 38.1 Å². The van der Waals surface area contributed by atoms with Crippen molar-refractivity contribution in [2.45, 2.75) is 42.7 Å². The molecule has 0 aliphatic heterocycles. The first-order valence-electron chi connectivity index (χ1n) is 13.5. The number of rotatable bonds is 13. The topological polar surface area (TPSA) is 104 Å². The van der Waals surface area contributed by atoms with Crippen LogP contribution in [-0.4, -0.2) is 49.2 Å². The maximum absolute atomic E-state index is 13.4. The fourth-order valence-electron chi connectivity index (χ4n) is 4.83. The van der Waals surface area contributed by atoms with Crippen molar-refractivity contribution in [1.82, 2.24) is 4.90 Å². The van der Waals surface area contributed by atoms with Crippen LogP contribution in [0.1, 0.15) is 33.9 Å². The Hall–Kier alpha value is -3.69. The highest BCUT2D eigenvalue weighted by Gasteiger charge is 2.21. The number of hydrogen-bond acceptors (Lipinski definition) is 6. The Balaban J connectivity index is 1.47. The Morgan fingerprint density at radius 3 is 2.17 bits per heavy atom. The lowest BCUT2D eigenvalue weighted by Crippen LogP contribution is -2.30. The molecule has 0 unspecified atom stereocenters. The van der Waals surface area contributed by atoms with Gasteiger partial charge in [-0.05, 0) is 84.5 Å². The minimum Gasteiger partial charge on any atom is -0.481 e. The molecule has 4 aromatic rings. The summed E-state index contributed by atoms with van der Waals surface area (Å²) in [4.78, 5) is 13.3. The molecule has 0 aromatic heterocycles. The van der Waals surface area contributed by atoms with Crippen molar-refractivity contribution >= 4 is 27.4 Å². The number of carboxylic acids is 1. The zero-order chi connectivity index (χ0) is 30.3. The number of carboxylic acid groups (broad SMARTS) is 1. The van der Waals surface area contributed by atoms with Crippen molar-refractivity contribution in [3.05, 3.63) is 124 Å². The number of halogens is 1. The first-order valence-corrected chi connectivity index (χ1v) is 15.4. The molecule has 0 spiro atoms. The summed E-state index contributed by atoms with van der Waals surface area (Å²) in [5, 5.41) is 20.4. The Labute approximate surface area is 251 Å². The molecular formula is C33H34ClNO6S. The number of aliphatic hydroxyl groups excluding tert-OH is 1. The van der Waals surface area contributed by atoms with E-state index in [0.29, 0.717) is 48.0 Å². The molecule has 0 aliphatic rings. The molecule has 0 aliphatic carbocycles. The highest BCUT2D eigenvalue weighted by atomic mass is 35.5. The highest BCUT2D eigenvalue weighted by molar-refractivity contribution is 7.91. The third-order valence-electron chi connectivity index (χ3n) is 6.95. The number of sulfone groups is 1. The quantitative estimate of drug-likeness (QED) is 0.191. The van der Waals surface area contributed by atoms with Gasteiger partial charge in [0.1, 0.15) is 5.75 Å². The first-order chi connectivity index (χ1) is 20.0. The van der Waals surface area contributed by atoms with Gasteiger partial charge in [0.2, 0.25) is 9.84 Å². The molecule has 0 fully saturated rings. The SMILES string of the molecule is Cc1cc(S(=O)(=O)c2ccc(CCN(Cc3ccccc3)C[C@@H](O)c3cccc(Cl)c3)cc2)cc(C)c1OCC(=O)O. The van der Waals surface area contributed by atoms with Crippen LogP contribution >= 0.6 is 11.6 Å². The Morgan fingerprint density at radius 1 is 0.881 bits per heavy atom. The van der Waals surface area contributed by atoms with Gasteiger partial charge in [0.05, 0.1) is 15.9 Å². The van der Waals surface area contributed by atoms with Crippen molar-refractivity contribution in [2.24, 2.45) is 0 Å². The summed E-state index contributed by atoms with van der Waals surface area (Å²) in [7, 11) is -3.80. The van der Waals surface area contributed by atoms with Crippen LogP contribution in [0.25, 0.3) is 0 Å². The van der Waals surface area contributed by atoms with E-state index in [-0.39, 0.29) is 9.79 Å². The third kappa shape index (κ3) is 8.20. The number of aryl methyl sites for hydroxylation is 2. The number of ether oxygens (including phenoxy) is 1. The van der Waals surface area contributed by atoms with Crippen molar-refractivity contribution < 1.29 is 28.2 Å². The molecule has 0 heterocycles. The molecule has 4 aromatic carbocycles. The third-order valence-corrected chi connectivity index (χ3v) is 8.93. The van der Waals surface area contributed by atoms with E-state index in [9.17, 15) is 18.3 Å². The van der Waals surface area contributed by atoms with Crippen molar-refractivity contribution in [3.63, 3.8) is 0 Å². The van der Waals surface area contributed by atoms with Crippen molar-refractivity contribution in [2.75, 3.05) is 19.7 Å². The highest BCUT2D eigenvalue weighted by Crippen LogP contribution is 2.30. The van der Waals surface area contributed by atoms with Gasteiger partial charge in [0, 0.05) is 24.7 Å². The van der Waals surface area contributed by atoms with E-state index in [0.717, 1.165) is 16.7 Å². The van der Waals surface area contributed by atoms with E-state index >= 15 is 0 Å². The van der Waals surface area contributed by atoms with Gasteiger partial charge in [-0.1, -0.05) is 66.2 Å². The number of aliphatic hydroxyl groups is 1. The lowest BCUT2D eigenvalue weighted by Gasteiger charge is -2.25. The summed E-state index contributed by atoms with van der Waals surface area (Å²) < 4.78 is 32.1. The Bertz CT molecular complexity index is 1600. The summed E-state index contributed by atoms with van der Waals surface area (Å²) in [6, 6.07) is 27.1. The molecule has 0 radical (unpaired) electrons. The van der Waals surface area contributed by atoms with Gasteiger partial charge >= 0.3 is 5.97 Å². The molecule has 0 amide bonds. The minimum atomic E-state index is -3.80. The molecule has 220 valence electrons. The second-order valence-electron chi connectivity index (χ2n) is 10.3. The fourth-order valence-corrected chi connectivity index (χ4v) is 6.46. The first kappa shape index (κ1) is 31.3. The Morgan fingerprint density at radius 2 is 1.55 bits per heavy atom. The average molecular weight is 608 g/mol. The molecule has 4 rings (SSSR count). The lowest BCUT2D eigenvalue weighted by molar-refractivity contribution is -0.139. The van der Waals surface area contributed by atoms with Gasteiger partial charge < -0.3 is 14.9 Å². The van der Waals surface area contributed by atoms with Crippen LogP contribution in [0, 0.1) is 13.8 Å². The maximum Gasteiger partial charge on any atom is 0.341 e. The molecule has 1 atom stereocenters. The summed E-state index contributed by atoms with van der Waals surface area (Å²) >= 11 is 6.13. The van der Waals surface area contributed by atoms with Crippen LogP contribution in [-0.2, 0) is 27.6 Å². The van der Waals surface area contributed by atoms with Crippen LogP contribution in [0.4, 0.5) is 0 Å². The van der Waals surface area contributed by atoms with Gasteiger partial charge in [-0.25, -0.2) is 13.2 Å². The molecule has 42 heavy (non-hydrogen) atoms. The summed E-state index contributed by atoms with van der Waals surface area (Å²) in [6.45, 7) is 4.59. The number of aliphatic carboxylic acids is 1. The predicted octanol–water partition coefficient (Wildman–Crippen LogP) is 6.03. The van der Waals surface area contributed by atoms with Gasteiger partial charge in [0.15, 0.2) is 6.61 Å². The van der Waals surface area contributed by atoms with E-state index in [4.69, 9.17) is 21.4 Å². The number of benzene rings is 4. The van der Waals surface area contributed by atoms with Crippen LogP contribution in [0.15, 0.2) is 101 Å². The average Bonchev–Trinajstić information content (AvgIpc) is 2.96. The molecule has 9 heteroatoms. The molecule has 0 saturated heterocycles. The van der Waals surface area contributed by atoms with Crippen molar-refractivity contribution in [3.8, 4) is 5.75 Å². The van der Waals surface area contributed by atoms with Crippen molar-refractivity contribution in [1.29, 1.82) is 0 Å². The van der Waals surface area contributed by atoms with Gasteiger partial charge in [-0.3, -0.25) is 4.90 Å². The lowest BCUT2D eigenvalue weighted by atomic mass is 10.1. The zero-order valence-corrected chi connectivity index (χ0v) is 25.1. The second-order valence-corrected chi connectivity index (χ2v) is 12.6. The molecular weight excluding hydrogens is 574 g/mol. The van der Waals surface area contributed by atoms with E-state index in [1.807, 2.05) is 54.6 Å². The van der Waals surface area contributed by atoms with Gasteiger partial charge in [0.25, 0.3) is 0 Å². The van der Waals surface area contributed by atoms with Crippen LogP contribution in [0.2, 0.25) is 5.02 Å². The van der Waals surface area contributed by atoms with Crippen LogP contribution in [0.3, 0.4) is 0 Å². The molecule has 0 saturated carbocycles. The molecule has 2 N–H and O–H groups in total. The van der Waals surface area contributed by atoms with Crippen LogP contribution < -0.4 is 4.74 Å². The molecule has 7 nitrogen and oxygen atoms in total. The second kappa shape index (κ2) is 14.0. The largest absolute Gasteiger partial charge is 0.481 e. The van der Waals surface area contributed by atoms with E-state index in [1.165, 1.54) is 12.1 Å². The minimum absolute atomic E-state index is 0.122. The summed E-state index contributed by atoms with van der Waals surface area (Å²) in [5.74, 6) is -0.738. The Kier molecular flexibility index (Phi) is 10.4. The number of nitrogens with zero attached hydrogens (tertiary/aromatic N) is 1. The zero-order valence-electron chi connectivity index (χ0n) is 23.5. The number of carbonyl (C=O) groups is 1. The van der Waals surface area contributed by atoms with Gasteiger partial charge in [-0.2, -0.15) is 0 Å². The summed E-state index contributed by atoms with van der Waals surface area (Å²) in [6.07, 6.45) is -0.0590. The summed E-state index contributed by atoms with van der Waals surface area (Å²) in [5.41, 5.74) is 3.94.